The van der Waals surface area contributed by atoms with Crippen molar-refractivity contribution in [2.45, 2.75) is 17.0 Å². The number of rotatable bonds is 5. The summed E-state index contributed by atoms with van der Waals surface area (Å²) < 4.78 is 0.949. The molecule has 0 fully saturated rings. The molecule has 6 heteroatoms. The zero-order valence-corrected chi connectivity index (χ0v) is 14.3. The van der Waals surface area contributed by atoms with Crippen LogP contribution in [0.25, 0.3) is 0 Å². The molecule has 0 bridgehead atoms. The Hall–Kier alpha value is -1.56. The van der Waals surface area contributed by atoms with Crippen molar-refractivity contribution in [2.24, 2.45) is 0 Å². The van der Waals surface area contributed by atoms with Gasteiger partial charge in [-0.2, -0.15) is 0 Å². The molecule has 3 nitrogen and oxygen atoms in total. The quantitative estimate of drug-likeness (QED) is 0.615. The van der Waals surface area contributed by atoms with E-state index in [9.17, 15) is 0 Å². The number of aromatic nitrogens is 2. The molecule has 0 aliphatic rings. The number of thioether (sulfide) groups is 1. The second-order valence-corrected chi connectivity index (χ2v) is 7.42. The van der Waals surface area contributed by atoms with Crippen LogP contribution in [0.2, 0.25) is 5.02 Å². The van der Waals surface area contributed by atoms with Crippen LogP contribution in [0.1, 0.15) is 11.1 Å². The highest BCUT2D eigenvalue weighted by Gasteiger charge is 2.05. The van der Waals surface area contributed by atoms with Gasteiger partial charge in [-0.25, -0.2) is 0 Å². The first kappa shape index (κ1) is 15.3. The third-order valence-electron chi connectivity index (χ3n) is 2.98. The fourth-order valence-corrected chi connectivity index (χ4v) is 3.66. The fraction of sp³-hybridized carbons (Fsp3) is 0.125. The second-order valence-electron chi connectivity index (χ2n) is 4.78. The van der Waals surface area contributed by atoms with Crippen molar-refractivity contribution in [1.82, 2.24) is 10.2 Å². The Morgan fingerprint density at radius 3 is 2.50 bits per heavy atom. The number of aryl methyl sites for hydroxylation is 1. The maximum absolute atomic E-state index is 5.88. The van der Waals surface area contributed by atoms with E-state index in [4.69, 9.17) is 11.6 Å². The molecule has 22 heavy (non-hydrogen) atoms. The van der Waals surface area contributed by atoms with Crippen LogP contribution in [0.4, 0.5) is 10.8 Å². The molecule has 112 valence electrons. The van der Waals surface area contributed by atoms with Crippen molar-refractivity contribution < 1.29 is 0 Å². The molecule has 0 atom stereocenters. The molecule has 0 aliphatic heterocycles. The zero-order valence-electron chi connectivity index (χ0n) is 11.9. The summed E-state index contributed by atoms with van der Waals surface area (Å²) >= 11 is 9.12. The van der Waals surface area contributed by atoms with Gasteiger partial charge < -0.3 is 5.32 Å². The molecule has 1 N–H and O–H groups in total. The third kappa shape index (κ3) is 4.22. The summed E-state index contributed by atoms with van der Waals surface area (Å²) in [6.07, 6.45) is 0. The minimum atomic E-state index is 0.759. The highest BCUT2D eigenvalue weighted by molar-refractivity contribution is 8.00. The highest BCUT2D eigenvalue weighted by Crippen LogP contribution is 2.30. The first-order valence-corrected chi connectivity index (χ1v) is 8.91. The van der Waals surface area contributed by atoms with Crippen LogP contribution < -0.4 is 5.32 Å². The lowest BCUT2D eigenvalue weighted by atomic mass is 10.2. The van der Waals surface area contributed by atoms with Crippen molar-refractivity contribution in [3.8, 4) is 0 Å². The van der Waals surface area contributed by atoms with E-state index >= 15 is 0 Å². The molecule has 0 saturated heterocycles. The first-order valence-electron chi connectivity index (χ1n) is 6.73. The Balaban J connectivity index is 1.59. The maximum Gasteiger partial charge on any atom is 0.210 e. The van der Waals surface area contributed by atoms with Crippen molar-refractivity contribution >= 4 is 45.5 Å². The zero-order chi connectivity index (χ0) is 15.4. The van der Waals surface area contributed by atoms with Gasteiger partial charge >= 0.3 is 0 Å². The van der Waals surface area contributed by atoms with E-state index < -0.39 is 0 Å². The van der Waals surface area contributed by atoms with Crippen LogP contribution in [-0.4, -0.2) is 10.2 Å². The van der Waals surface area contributed by atoms with Crippen LogP contribution >= 0.6 is 34.7 Å². The summed E-state index contributed by atoms with van der Waals surface area (Å²) in [7, 11) is 0. The number of nitrogens with zero attached hydrogens (tertiary/aromatic N) is 2. The Labute approximate surface area is 142 Å². The molecule has 1 aromatic heterocycles. The van der Waals surface area contributed by atoms with E-state index in [-0.39, 0.29) is 0 Å². The molecular formula is C16H14ClN3S2. The van der Waals surface area contributed by atoms with E-state index in [2.05, 4.69) is 34.6 Å². The number of nitrogens with one attached hydrogen (secondary N) is 1. The summed E-state index contributed by atoms with van der Waals surface area (Å²) in [5.74, 6) is 0.857. The molecule has 3 aromatic rings. The summed E-state index contributed by atoms with van der Waals surface area (Å²) in [5.41, 5.74) is 3.48. The largest absolute Gasteiger partial charge is 0.330 e. The number of benzene rings is 2. The van der Waals surface area contributed by atoms with Crippen molar-refractivity contribution in [2.75, 3.05) is 5.32 Å². The molecule has 2 aromatic carbocycles. The SMILES string of the molecule is Cc1ccc(Nc2nnc(SCc3ccc(Cl)cc3)s2)cc1. The van der Waals surface area contributed by atoms with Gasteiger partial charge in [-0.05, 0) is 36.8 Å². The van der Waals surface area contributed by atoms with Crippen LogP contribution in [0, 0.1) is 6.92 Å². The molecule has 0 unspecified atom stereocenters. The Morgan fingerprint density at radius 2 is 1.77 bits per heavy atom. The predicted molar refractivity (Wildman–Crippen MR) is 95.4 cm³/mol. The number of hydrogen-bond acceptors (Lipinski definition) is 5. The summed E-state index contributed by atoms with van der Waals surface area (Å²) in [6.45, 7) is 2.07. The molecule has 0 saturated carbocycles. The van der Waals surface area contributed by atoms with Gasteiger partial charge in [-0.15, -0.1) is 10.2 Å². The smallest absolute Gasteiger partial charge is 0.210 e. The van der Waals surface area contributed by atoms with Gasteiger partial charge in [0.15, 0.2) is 4.34 Å². The van der Waals surface area contributed by atoms with Gasteiger partial charge in [0.1, 0.15) is 0 Å². The number of hydrogen-bond donors (Lipinski definition) is 1. The Kier molecular flexibility index (Phi) is 4.97. The van der Waals surface area contributed by atoms with E-state index in [0.29, 0.717) is 0 Å². The second kappa shape index (κ2) is 7.13. The summed E-state index contributed by atoms with van der Waals surface area (Å²) in [5, 5.41) is 13.2. The van der Waals surface area contributed by atoms with Gasteiger partial charge in [-0.3, -0.25) is 0 Å². The predicted octanol–water partition coefficient (Wildman–Crippen LogP) is 5.54. The van der Waals surface area contributed by atoms with Crippen molar-refractivity contribution in [3.63, 3.8) is 0 Å². The van der Waals surface area contributed by atoms with E-state index in [1.54, 1.807) is 23.1 Å². The molecule has 0 radical (unpaired) electrons. The van der Waals surface area contributed by atoms with Gasteiger partial charge in [0.05, 0.1) is 0 Å². The topological polar surface area (TPSA) is 37.8 Å². The van der Waals surface area contributed by atoms with Gasteiger partial charge in [0, 0.05) is 16.5 Å². The van der Waals surface area contributed by atoms with Gasteiger partial charge in [0.25, 0.3) is 0 Å². The number of anilines is 2. The molecule has 0 spiro atoms. The average molecular weight is 348 g/mol. The van der Waals surface area contributed by atoms with Crippen molar-refractivity contribution in [3.05, 3.63) is 64.7 Å². The standard InChI is InChI=1S/C16H14ClN3S2/c1-11-2-8-14(9-3-11)18-15-19-20-16(22-15)21-10-12-4-6-13(17)7-5-12/h2-9H,10H2,1H3,(H,18,19). The highest BCUT2D eigenvalue weighted by atomic mass is 35.5. The lowest BCUT2D eigenvalue weighted by Gasteiger charge is -2.01. The maximum atomic E-state index is 5.88. The third-order valence-corrected chi connectivity index (χ3v) is 5.28. The van der Waals surface area contributed by atoms with Gasteiger partial charge in [-0.1, -0.05) is 64.5 Å². The van der Waals surface area contributed by atoms with Crippen LogP contribution in [0.15, 0.2) is 52.9 Å². The summed E-state index contributed by atoms with van der Waals surface area (Å²) in [6, 6.07) is 16.1. The van der Waals surface area contributed by atoms with E-state index in [1.165, 1.54) is 11.1 Å². The van der Waals surface area contributed by atoms with Crippen LogP contribution in [-0.2, 0) is 5.75 Å². The molecule has 1 heterocycles. The number of halogens is 1. The molecule has 3 rings (SSSR count). The normalized spacial score (nSPS) is 10.6. The molecule has 0 aliphatic carbocycles. The Bertz CT molecular complexity index is 739. The fourth-order valence-electron chi connectivity index (χ4n) is 1.80. The van der Waals surface area contributed by atoms with Crippen LogP contribution in [0.5, 0.6) is 0 Å². The Morgan fingerprint density at radius 1 is 1.05 bits per heavy atom. The monoisotopic (exact) mass is 347 g/mol. The minimum absolute atomic E-state index is 0.759. The first-order chi connectivity index (χ1) is 10.7. The molecule has 0 amide bonds. The van der Waals surface area contributed by atoms with Crippen LogP contribution in [0.3, 0.4) is 0 Å². The van der Waals surface area contributed by atoms with Gasteiger partial charge in [0.2, 0.25) is 5.13 Å². The molecular weight excluding hydrogens is 334 g/mol. The van der Waals surface area contributed by atoms with E-state index in [1.807, 2.05) is 36.4 Å². The lowest BCUT2D eigenvalue weighted by Crippen LogP contribution is -1.88. The lowest BCUT2D eigenvalue weighted by molar-refractivity contribution is 1.01. The average Bonchev–Trinajstić information content (AvgIpc) is 2.97. The minimum Gasteiger partial charge on any atom is -0.330 e. The van der Waals surface area contributed by atoms with E-state index in [0.717, 1.165) is 25.9 Å². The van der Waals surface area contributed by atoms with Crippen molar-refractivity contribution in [1.29, 1.82) is 0 Å². The summed E-state index contributed by atoms with van der Waals surface area (Å²) in [4.78, 5) is 0.